The zero-order valence-corrected chi connectivity index (χ0v) is 17.1. The zero-order valence-electron chi connectivity index (χ0n) is 16.3. The molecule has 0 unspecified atom stereocenters. The van der Waals surface area contributed by atoms with Gasteiger partial charge >= 0.3 is 0 Å². The number of carbonyl (C=O) groups excluding carboxylic acids is 2. The van der Waals surface area contributed by atoms with Crippen LogP contribution in [-0.4, -0.2) is 50.6 Å². The maximum Gasteiger partial charge on any atom is 0.292 e. The quantitative estimate of drug-likeness (QED) is 0.703. The molecule has 29 heavy (non-hydrogen) atoms. The average Bonchev–Trinajstić information content (AvgIpc) is 3.03. The number of carbonyl (C=O) groups is 2. The first-order valence-electron chi connectivity index (χ1n) is 10.1. The number of nitrogens with zero attached hydrogens (tertiary/aromatic N) is 1. The van der Waals surface area contributed by atoms with E-state index in [4.69, 9.17) is 11.6 Å². The summed E-state index contributed by atoms with van der Waals surface area (Å²) in [6.07, 6.45) is 4.67. The predicted molar refractivity (Wildman–Crippen MR) is 114 cm³/mol. The minimum Gasteiger partial charge on any atom is -0.322 e. The van der Waals surface area contributed by atoms with Gasteiger partial charge in [0, 0.05) is 5.02 Å². The van der Waals surface area contributed by atoms with Crippen LogP contribution in [0.2, 0.25) is 5.02 Å². The third-order valence-electron chi connectivity index (χ3n) is 5.82. The minimum absolute atomic E-state index is 0.0975. The highest BCUT2D eigenvalue weighted by atomic mass is 35.5. The van der Waals surface area contributed by atoms with Crippen molar-refractivity contribution in [3.8, 4) is 0 Å². The molecule has 2 amide bonds. The molecule has 0 saturated carbocycles. The lowest BCUT2D eigenvalue weighted by atomic mass is 10.1. The van der Waals surface area contributed by atoms with E-state index in [-0.39, 0.29) is 24.3 Å². The van der Waals surface area contributed by atoms with Crippen molar-refractivity contribution in [3.05, 3.63) is 71.3 Å². The third-order valence-corrected chi connectivity index (χ3v) is 6.06. The molecule has 4 rings (SSSR count). The van der Waals surface area contributed by atoms with E-state index < -0.39 is 0 Å². The van der Waals surface area contributed by atoms with Crippen molar-refractivity contribution in [2.24, 2.45) is 0 Å². The van der Waals surface area contributed by atoms with Crippen molar-refractivity contribution < 1.29 is 19.4 Å². The molecule has 0 aromatic heterocycles. The Bertz CT molecular complexity index is 907. The molecular formula is C23H26ClN3O2+2. The van der Waals surface area contributed by atoms with E-state index in [1.54, 1.807) is 24.3 Å². The summed E-state index contributed by atoms with van der Waals surface area (Å²) in [4.78, 5) is 29.5. The van der Waals surface area contributed by atoms with Crippen LogP contribution in [0.5, 0.6) is 0 Å². The summed E-state index contributed by atoms with van der Waals surface area (Å²) in [5, 5.41) is 0.527. The fraction of sp³-hybridized carbons (Fsp3) is 0.304. The molecule has 2 aromatic rings. The van der Waals surface area contributed by atoms with Gasteiger partial charge in [-0.1, -0.05) is 54.1 Å². The van der Waals surface area contributed by atoms with E-state index >= 15 is 0 Å². The van der Waals surface area contributed by atoms with Gasteiger partial charge in [-0.2, -0.15) is 0 Å². The Balaban J connectivity index is 1.32. The number of anilines is 1. The van der Waals surface area contributed by atoms with Crippen molar-refractivity contribution in [2.45, 2.75) is 12.5 Å². The fourth-order valence-electron chi connectivity index (χ4n) is 4.24. The van der Waals surface area contributed by atoms with E-state index in [1.807, 2.05) is 18.2 Å². The Morgan fingerprint density at radius 3 is 2.48 bits per heavy atom. The largest absolute Gasteiger partial charge is 0.322 e. The standard InChI is InChI=1S/C23H24ClN3O2/c24-19-9-4-10-20(16-19)27-22(28)17-21(23(27)29)26-14-12-25(13-15-26)11-5-8-18-6-2-1-3-7-18/h1-10,16,21H,11-15,17H2/p+2/b8-5+/t21-/m1/s1. The minimum atomic E-state index is -0.275. The van der Waals surface area contributed by atoms with E-state index in [9.17, 15) is 9.59 Å². The molecule has 2 aliphatic rings. The van der Waals surface area contributed by atoms with Crippen LogP contribution in [0.15, 0.2) is 60.7 Å². The highest BCUT2D eigenvalue weighted by Crippen LogP contribution is 2.24. The number of benzene rings is 2. The highest BCUT2D eigenvalue weighted by Gasteiger charge is 2.46. The summed E-state index contributed by atoms with van der Waals surface area (Å²) >= 11 is 6.04. The van der Waals surface area contributed by atoms with Gasteiger partial charge in [-0.3, -0.25) is 9.59 Å². The lowest BCUT2D eigenvalue weighted by molar-refractivity contribution is -1.02. The maximum absolute atomic E-state index is 13.0. The summed E-state index contributed by atoms with van der Waals surface area (Å²) in [6, 6.07) is 17.0. The maximum atomic E-state index is 13.0. The number of imide groups is 1. The van der Waals surface area contributed by atoms with E-state index in [0.29, 0.717) is 10.7 Å². The molecule has 0 aliphatic carbocycles. The molecule has 5 nitrogen and oxygen atoms in total. The van der Waals surface area contributed by atoms with Crippen molar-refractivity contribution in [1.29, 1.82) is 0 Å². The second kappa shape index (κ2) is 8.91. The van der Waals surface area contributed by atoms with Gasteiger partial charge < -0.3 is 9.80 Å². The smallest absolute Gasteiger partial charge is 0.292 e. The van der Waals surface area contributed by atoms with Crippen LogP contribution in [0.25, 0.3) is 6.08 Å². The number of piperazine rings is 1. The van der Waals surface area contributed by atoms with Crippen molar-refractivity contribution in [1.82, 2.24) is 0 Å². The van der Waals surface area contributed by atoms with Crippen LogP contribution < -0.4 is 14.7 Å². The van der Waals surface area contributed by atoms with Crippen LogP contribution in [-0.2, 0) is 9.59 Å². The Morgan fingerprint density at radius 2 is 1.76 bits per heavy atom. The molecular weight excluding hydrogens is 386 g/mol. The number of quaternary nitrogens is 2. The van der Waals surface area contributed by atoms with Crippen LogP contribution in [0.4, 0.5) is 5.69 Å². The summed E-state index contributed by atoms with van der Waals surface area (Å²) < 4.78 is 0. The van der Waals surface area contributed by atoms with E-state index in [1.165, 1.54) is 20.3 Å². The van der Waals surface area contributed by atoms with Crippen molar-refractivity contribution in [3.63, 3.8) is 0 Å². The van der Waals surface area contributed by atoms with Crippen LogP contribution in [0.1, 0.15) is 12.0 Å². The second-order valence-electron chi connectivity index (χ2n) is 7.73. The number of hydrogen-bond donors (Lipinski definition) is 2. The number of hydrogen-bond acceptors (Lipinski definition) is 2. The number of rotatable bonds is 5. The lowest BCUT2D eigenvalue weighted by Gasteiger charge is -2.31. The summed E-state index contributed by atoms with van der Waals surface area (Å²) in [5.74, 6) is -0.227. The van der Waals surface area contributed by atoms with E-state index in [2.05, 4.69) is 24.3 Å². The van der Waals surface area contributed by atoms with Gasteiger partial charge in [0.05, 0.1) is 18.7 Å². The zero-order chi connectivity index (χ0) is 20.2. The molecule has 2 fully saturated rings. The Hall–Kier alpha value is -2.47. The molecule has 2 aliphatic heterocycles. The van der Waals surface area contributed by atoms with Gasteiger partial charge in [0.15, 0.2) is 6.04 Å². The van der Waals surface area contributed by atoms with Gasteiger partial charge in [-0.25, -0.2) is 4.90 Å². The van der Waals surface area contributed by atoms with Crippen LogP contribution >= 0.6 is 11.6 Å². The van der Waals surface area contributed by atoms with Gasteiger partial charge in [0.25, 0.3) is 5.91 Å². The van der Waals surface area contributed by atoms with Crippen LogP contribution in [0, 0.1) is 0 Å². The molecule has 150 valence electrons. The molecule has 0 radical (unpaired) electrons. The number of nitrogens with one attached hydrogen (secondary N) is 2. The monoisotopic (exact) mass is 411 g/mol. The first-order chi connectivity index (χ1) is 14.1. The normalized spacial score (nSPS) is 25.1. The Kier molecular flexibility index (Phi) is 6.09. The second-order valence-corrected chi connectivity index (χ2v) is 8.17. The Labute approximate surface area is 176 Å². The third kappa shape index (κ3) is 4.58. The molecule has 1 atom stereocenters. The number of amides is 2. The lowest BCUT2D eigenvalue weighted by Crippen LogP contribution is -3.30. The van der Waals surface area contributed by atoms with Crippen molar-refractivity contribution >= 4 is 35.2 Å². The van der Waals surface area contributed by atoms with Gasteiger partial charge in [-0.05, 0) is 29.8 Å². The summed E-state index contributed by atoms with van der Waals surface area (Å²) in [5.41, 5.74) is 1.79. The molecule has 2 N–H and O–H groups in total. The summed E-state index contributed by atoms with van der Waals surface area (Å²) in [7, 11) is 0. The topological polar surface area (TPSA) is 46.3 Å². The first-order valence-corrected chi connectivity index (χ1v) is 10.5. The van der Waals surface area contributed by atoms with Crippen LogP contribution in [0.3, 0.4) is 0 Å². The van der Waals surface area contributed by atoms with E-state index in [0.717, 1.165) is 32.7 Å². The Morgan fingerprint density at radius 1 is 1.00 bits per heavy atom. The molecule has 2 saturated heterocycles. The molecule has 6 heteroatoms. The summed E-state index contributed by atoms with van der Waals surface area (Å²) in [6.45, 7) is 4.80. The SMILES string of the molecule is O=C1C[C@@H]([NH+]2CC[NH+](C/C=C/c3ccccc3)CC2)C(=O)N1c1cccc(Cl)c1. The average molecular weight is 412 g/mol. The molecule has 2 aromatic carbocycles. The van der Waals surface area contributed by atoms with Gasteiger partial charge in [0.1, 0.15) is 26.2 Å². The fourth-order valence-corrected chi connectivity index (χ4v) is 4.42. The van der Waals surface area contributed by atoms with Gasteiger partial charge in [0.2, 0.25) is 5.91 Å². The first kappa shape index (κ1) is 19.8. The number of halogens is 1. The molecule has 0 bridgehead atoms. The molecule has 0 spiro atoms. The highest BCUT2D eigenvalue weighted by molar-refractivity contribution is 6.31. The van der Waals surface area contributed by atoms with Gasteiger partial charge in [-0.15, -0.1) is 0 Å². The van der Waals surface area contributed by atoms with Crippen molar-refractivity contribution in [2.75, 3.05) is 37.6 Å². The molecule has 2 heterocycles. The predicted octanol–water partition coefficient (Wildman–Crippen LogP) is 0.469.